The Kier molecular flexibility index (Phi) is 6.60. The van der Waals surface area contributed by atoms with Gasteiger partial charge < -0.3 is 15.7 Å². The molecule has 3 unspecified atom stereocenters. The standard InChI is InChI=1S/C19H30N2O2/c1-13(2)16-8-4-5-9-17(16)21-19(23)11-14(3)20-12-15-7-6-10-18(15)22/h4-5,8-9,13-15,18,20,22H,6-7,10-12H2,1-3H3,(H,21,23). The Balaban J connectivity index is 1.80. The Morgan fingerprint density at radius 1 is 1.26 bits per heavy atom. The number of aliphatic hydroxyl groups excluding tert-OH is 1. The molecular formula is C19H30N2O2. The summed E-state index contributed by atoms with van der Waals surface area (Å²) >= 11 is 0. The van der Waals surface area contributed by atoms with Crippen LogP contribution in [0.1, 0.15) is 57.9 Å². The summed E-state index contributed by atoms with van der Waals surface area (Å²) < 4.78 is 0. The van der Waals surface area contributed by atoms with E-state index in [9.17, 15) is 9.90 Å². The molecule has 0 heterocycles. The summed E-state index contributed by atoms with van der Waals surface area (Å²) in [4.78, 5) is 12.3. The van der Waals surface area contributed by atoms with E-state index in [1.807, 2.05) is 25.1 Å². The van der Waals surface area contributed by atoms with Crippen LogP contribution >= 0.6 is 0 Å². The fraction of sp³-hybridized carbons (Fsp3) is 0.632. The van der Waals surface area contributed by atoms with Gasteiger partial charge in [0.2, 0.25) is 5.91 Å². The average Bonchev–Trinajstić information content (AvgIpc) is 2.90. The van der Waals surface area contributed by atoms with Crippen molar-refractivity contribution in [2.24, 2.45) is 5.92 Å². The van der Waals surface area contributed by atoms with E-state index in [-0.39, 0.29) is 18.1 Å². The number of hydrogen-bond donors (Lipinski definition) is 3. The van der Waals surface area contributed by atoms with Crippen molar-refractivity contribution < 1.29 is 9.90 Å². The van der Waals surface area contributed by atoms with Gasteiger partial charge in [0.25, 0.3) is 0 Å². The highest BCUT2D eigenvalue weighted by atomic mass is 16.3. The number of carbonyl (C=O) groups excluding carboxylic acids is 1. The number of hydrogen-bond acceptors (Lipinski definition) is 3. The SMILES string of the molecule is CC(CC(=O)Nc1ccccc1C(C)C)NCC1CCCC1O. The average molecular weight is 318 g/mol. The maximum absolute atomic E-state index is 12.3. The molecule has 0 spiro atoms. The van der Waals surface area contributed by atoms with Crippen LogP contribution < -0.4 is 10.6 Å². The van der Waals surface area contributed by atoms with Gasteiger partial charge in [-0.15, -0.1) is 0 Å². The number of anilines is 1. The lowest BCUT2D eigenvalue weighted by Crippen LogP contribution is -2.36. The Bertz CT molecular complexity index is 516. The molecule has 128 valence electrons. The number of para-hydroxylation sites is 1. The third kappa shape index (κ3) is 5.33. The predicted molar refractivity (Wildman–Crippen MR) is 94.6 cm³/mol. The van der Waals surface area contributed by atoms with Crippen molar-refractivity contribution in [2.45, 2.75) is 64.5 Å². The van der Waals surface area contributed by atoms with Crippen molar-refractivity contribution in [2.75, 3.05) is 11.9 Å². The predicted octanol–water partition coefficient (Wildman–Crippen LogP) is 3.28. The summed E-state index contributed by atoms with van der Waals surface area (Å²) in [5, 5.41) is 16.3. The first-order valence-corrected chi connectivity index (χ1v) is 8.77. The molecule has 1 saturated carbocycles. The van der Waals surface area contributed by atoms with Gasteiger partial charge in [-0.3, -0.25) is 4.79 Å². The van der Waals surface area contributed by atoms with Crippen molar-refractivity contribution in [1.82, 2.24) is 5.32 Å². The number of amides is 1. The first-order valence-electron chi connectivity index (χ1n) is 8.77. The van der Waals surface area contributed by atoms with Gasteiger partial charge in [0, 0.05) is 24.7 Å². The molecule has 0 saturated heterocycles. The molecule has 1 amide bonds. The summed E-state index contributed by atoms with van der Waals surface area (Å²) in [6.45, 7) is 7.07. The summed E-state index contributed by atoms with van der Waals surface area (Å²) in [6, 6.07) is 8.07. The molecule has 1 aliphatic carbocycles. The zero-order valence-corrected chi connectivity index (χ0v) is 14.5. The summed E-state index contributed by atoms with van der Waals surface area (Å²) in [6.07, 6.45) is 3.35. The summed E-state index contributed by atoms with van der Waals surface area (Å²) in [5.41, 5.74) is 2.07. The quantitative estimate of drug-likeness (QED) is 0.723. The minimum absolute atomic E-state index is 0.0325. The van der Waals surface area contributed by atoms with E-state index < -0.39 is 0 Å². The van der Waals surface area contributed by atoms with E-state index in [0.29, 0.717) is 18.3 Å². The third-order valence-corrected chi connectivity index (χ3v) is 4.70. The number of benzene rings is 1. The molecule has 1 fully saturated rings. The highest BCUT2D eigenvalue weighted by Gasteiger charge is 2.25. The fourth-order valence-corrected chi connectivity index (χ4v) is 3.27. The van der Waals surface area contributed by atoms with Gasteiger partial charge in [-0.1, -0.05) is 38.5 Å². The molecule has 0 aromatic heterocycles. The molecule has 1 aromatic rings. The molecule has 4 heteroatoms. The fourth-order valence-electron chi connectivity index (χ4n) is 3.27. The number of rotatable bonds is 7. The van der Waals surface area contributed by atoms with Crippen LogP contribution in [0, 0.1) is 5.92 Å². The molecular weight excluding hydrogens is 288 g/mol. The van der Waals surface area contributed by atoms with Gasteiger partial charge in [0.15, 0.2) is 0 Å². The number of nitrogens with one attached hydrogen (secondary N) is 2. The number of aliphatic hydroxyl groups is 1. The number of carbonyl (C=O) groups is 1. The highest BCUT2D eigenvalue weighted by Crippen LogP contribution is 2.25. The molecule has 1 aliphatic rings. The second-order valence-electron chi connectivity index (χ2n) is 7.06. The molecule has 2 rings (SSSR count). The largest absolute Gasteiger partial charge is 0.393 e. The first-order chi connectivity index (χ1) is 11.0. The Hall–Kier alpha value is -1.39. The van der Waals surface area contributed by atoms with Crippen molar-refractivity contribution in [1.29, 1.82) is 0 Å². The lowest BCUT2D eigenvalue weighted by molar-refractivity contribution is -0.116. The van der Waals surface area contributed by atoms with Gasteiger partial charge in [0.05, 0.1) is 6.10 Å². The van der Waals surface area contributed by atoms with Gasteiger partial charge in [-0.25, -0.2) is 0 Å². The second-order valence-corrected chi connectivity index (χ2v) is 7.06. The smallest absolute Gasteiger partial charge is 0.225 e. The normalized spacial score (nSPS) is 22.3. The van der Waals surface area contributed by atoms with E-state index in [1.165, 1.54) is 0 Å². The third-order valence-electron chi connectivity index (χ3n) is 4.70. The highest BCUT2D eigenvalue weighted by molar-refractivity contribution is 5.91. The Labute approximate surface area is 139 Å². The molecule has 3 N–H and O–H groups in total. The molecule has 23 heavy (non-hydrogen) atoms. The van der Waals surface area contributed by atoms with Crippen LogP contribution in [0.15, 0.2) is 24.3 Å². The summed E-state index contributed by atoms with van der Waals surface area (Å²) in [7, 11) is 0. The maximum Gasteiger partial charge on any atom is 0.225 e. The molecule has 4 nitrogen and oxygen atoms in total. The lowest BCUT2D eigenvalue weighted by atomic mass is 10.0. The van der Waals surface area contributed by atoms with Crippen molar-refractivity contribution >= 4 is 11.6 Å². The van der Waals surface area contributed by atoms with Crippen LogP contribution in [-0.4, -0.2) is 29.7 Å². The van der Waals surface area contributed by atoms with Crippen LogP contribution in [0.4, 0.5) is 5.69 Å². The summed E-state index contributed by atoms with van der Waals surface area (Å²) in [5.74, 6) is 0.748. The van der Waals surface area contributed by atoms with E-state index in [2.05, 4.69) is 30.5 Å². The topological polar surface area (TPSA) is 61.4 Å². The molecule has 0 aliphatic heterocycles. The second kappa shape index (κ2) is 8.46. The van der Waals surface area contributed by atoms with Crippen molar-refractivity contribution in [3.8, 4) is 0 Å². The Morgan fingerprint density at radius 3 is 2.65 bits per heavy atom. The van der Waals surface area contributed by atoms with Gasteiger partial charge in [-0.2, -0.15) is 0 Å². The Morgan fingerprint density at radius 2 is 2.00 bits per heavy atom. The zero-order chi connectivity index (χ0) is 16.8. The molecule has 3 atom stereocenters. The lowest BCUT2D eigenvalue weighted by Gasteiger charge is -2.20. The molecule has 0 bridgehead atoms. The van der Waals surface area contributed by atoms with Crippen LogP contribution in [-0.2, 0) is 4.79 Å². The van der Waals surface area contributed by atoms with Crippen molar-refractivity contribution in [3.05, 3.63) is 29.8 Å². The monoisotopic (exact) mass is 318 g/mol. The van der Waals surface area contributed by atoms with Crippen LogP contribution in [0.3, 0.4) is 0 Å². The van der Waals surface area contributed by atoms with E-state index in [0.717, 1.165) is 37.1 Å². The minimum atomic E-state index is -0.179. The van der Waals surface area contributed by atoms with Gasteiger partial charge in [-0.05, 0) is 43.2 Å². The van der Waals surface area contributed by atoms with Crippen LogP contribution in [0.25, 0.3) is 0 Å². The van der Waals surface area contributed by atoms with E-state index in [4.69, 9.17) is 0 Å². The van der Waals surface area contributed by atoms with Crippen LogP contribution in [0.5, 0.6) is 0 Å². The maximum atomic E-state index is 12.3. The van der Waals surface area contributed by atoms with Gasteiger partial charge in [0.1, 0.15) is 0 Å². The molecule has 1 aromatic carbocycles. The van der Waals surface area contributed by atoms with Gasteiger partial charge >= 0.3 is 0 Å². The molecule has 0 radical (unpaired) electrons. The van der Waals surface area contributed by atoms with Crippen LogP contribution in [0.2, 0.25) is 0 Å². The first kappa shape index (κ1) is 18.0. The zero-order valence-electron chi connectivity index (χ0n) is 14.5. The van der Waals surface area contributed by atoms with Crippen molar-refractivity contribution in [3.63, 3.8) is 0 Å². The van der Waals surface area contributed by atoms with E-state index >= 15 is 0 Å². The van der Waals surface area contributed by atoms with E-state index in [1.54, 1.807) is 0 Å². The minimum Gasteiger partial charge on any atom is -0.393 e.